The Morgan fingerprint density at radius 1 is 1.59 bits per heavy atom. The highest BCUT2D eigenvalue weighted by molar-refractivity contribution is 6.31. The highest BCUT2D eigenvalue weighted by Crippen LogP contribution is 2.15. The number of benzene rings is 1. The van der Waals surface area contributed by atoms with E-state index in [-0.39, 0.29) is 11.9 Å². The smallest absolute Gasteiger partial charge is 0.176 e. The number of ketones is 1. The van der Waals surface area contributed by atoms with Gasteiger partial charge in [0.2, 0.25) is 0 Å². The Morgan fingerprint density at radius 2 is 2.41 bits per heavy atom. The lowest BCUT2D eigenvalue weighted by Gasteiger charge is -2.14. The van der Waals surface area contributed by atoms with Gasteiger partial charge < -0.3 is 4.74 Å². The van der Waals surface area contributed by atoms with E-state index in [0.717, 1.165) is 19.5 Å². The molecule has 0 N–H and O–H groups in total. The maximum atomic E-state index is 12.0. The van der Waals surface area contributed by atoms with Crippen molar-refractivity contribution in [2.24, 2.45) is 0 Å². The summed E-state index contributed by atoms with van der Waals surface area (Å²) in [6, 6.07) is 7.10. The molecule has 1 aromatic carbocycles. The lowest BCUT2D eigenvalue weighted by molar-refractivity contribution is 0.0899. The first-order chi connectivity index (χ1) is 8.19. The fraction of sp³-hybridized carbons (Fsp3) is 0.462. The van der Waals surface area contributed by atoms with Crippen LogP contribution in [0.4, 0.5) is 0 Å². The molecular weight excluding hydrogens is 238 g/mol. The Labute approximate surface area is 106 Å². The van der Waals surface area contributed by atoms with Gasteiger partial charge in [0, 0.05) is 30.8 Å². The summed E-state index contributed by atoms with van der Waals surface area (Å²) in [6.45, 7) is 2.20. The van der Waals surface area contributed by atoms with Crippen molar-refractivity contribution in [1.82, 2.24) is 4.90 Å². The van der Waals surface area contributed by atoms with Crippen LogP contribution in [0.5, 0.6) is 0 Å². The second kappa shape index (κ2) is 5.63. The third kappa shape index (κ3) is 3.28. The van der Waals surface area contributed by atoms with E-state index in [2.05, 4.69) is 4.90 Å². The van der Waals surface area contributed by atoms with E-state index in [1.807, 2.05) is 0 Å². The van der Waals surface area contributed by atoms with Gasteiger partial charge in [-0.2, -0.15) is 0 Å². The first kappa shape index (κ1) is 12.6. The molecular formula is C13H16ClNO2. The van der Waals surface area contributed by atoms with Crippen LogP contribution >= 0.6 is 11.6 Å². The van der Waals surface area contributed by atoms with Crippen molar-refractivity contribution < 1.29 is 9.53 Å². The Hall–Kier alpha value is -0.900. The number of likely N-dealkylation sites (tertiary alicyclic amines) is 1. The number of hydrogen-bond acceptors (Lipinski definition) is 3. The minimum atomic E-state index is 0.115. The van der Waals surface area contributed by atoms with Gasteiger partial charge >= 0.3 is 0 Å². The Balaban J connectivity index is 1.94. The van der Waals surface area contributed by atoms with Crippen molar-refractivity contribution in [2.45, 2.75) is 12.5 Å². The minimum absolute atomic E-state index is 0.115. The molecule has 1 unspecified atom stereocenters. The molecule has 0 amide bonds. The average molecular weight is 254 g/mol. The zero-order valence-electron chi connectivity index (χ0n) is 9.86. The summed E-state index contributed by atoms with van der Waals surface area (Å²) in [7, 11) is 1.72. The normalized spacial score (nSPS) is 20.7. The Kier molecular flexibility index (Phi) is 4.15. The molecule has 0 radical (unpaired) electrons. The van der Waals surface area contributed by atoms with Crippen molar-refractivity contribution in [2.75, 3.05) is 26.7 Å². The largest absolute Gasteiger partial charge is 0.380 e. The van der Waals surface area contributed by atoms with Gasteiger partial charge in [-0.25, -0.2) is 0 Å². The molecule has 0 spiro atoms. The van der Waals surface area contributed by atoms with Crippen LogP contribution < -0.4 is 0 Å². The van der Waals surface area contributed by atoms with Crippen LogP contribution in [-0.4, -0.2) is 43.5 Å². The third-order valence-corrected chi connectivity index (χ3v) is 3.31. The molecule has 1 fully saturated rings. The molecule has 3 nitrogen and oxygen atoms in total. The van der Waals surface area contributed by atoms with Crippen molar-refractivity contribution in [3.8, 4) is 0 Å². The summed E-state index contributed by atoms with van der Waals surface area (Å²) in [6.07, 6.45) is 1.27. The van der Waals surface area contributed by atoms with Gasteiger partial charge in [-0.05, 0) is 18.6 Å². The molecule has 1 aromatic rings. The van der Waals surface area contributed by atoms with Gasteiger partial charge in [-0.3, -0.25) is 9.69 Å². The summed E-state index contributed by atoms with van der Waals surface area (Å²) >= 11 is 5.87. The monoisotopic (exact) mass is 253 g/mol. The summed E-state index contributed by atoms with van der Waals surface area (Å²) < 4.78 is 5.27. The third-order valence-electron chi connectivity index (χ3n) is 3.08. The van der Waals surface area contributed by atoms with Gasteiger partial charge in [0.25, 0.3) is 0 Å². The number of nitrogens with zero attached hydrogens (tertiary/aromatic N) is 1. The standard InChI is InChI=1S/C13H16ClNO2/c1-17-12-5-6-15(8-12)9-13(16)10-3-2-4-11(14)7-10/h2-4,7,12H,5-6,8-9H2,1H3. The van der Waals surface area contributed by atoms with E-state index >= 15 is 0 Å². The maximum Gasteiger partial charge on any atom is 0.176 e. The fourth-order valence-electron chi connectivity index (χ4n) is 2.09. The van der Waals surface area contributed by atoms with E-state index in [1.54, 1.807) is 31.4 Å². The predicted octanol–water partition coefficient (Wildman–Crippen LogP) is 2.24. The van der Waals surface area contributed by atoms with E-state index < -0.39 is 0 Å². The van der Waals surface area contributed by atoms with Crippen molar-refractivity contribution in [3.63, 3.8) is 0 Å². The highest BCUT2D eigenvalue weighted by Gasteiger charge is 2.23. The summed E-state index contributed by atoms with van der Waals surface area (Å²) in [5.74, 6) is 0.115. The van der Waals surface area contributed by atoms with Gasteiger partial charge in [-0.1, -0.05) is 23.7 Å². The molecule has 1 aliphatic heterocycles. The number of halogens is 1. The zero-order valence-corrected chi connectivity index (χ0v) is 10.6. The summed E-state index contributed by atoms with van der Waals surface area (Å²) in [5, 5.41) is 0.604. The number of carbonyl (C=O) groups is 1. The van der Waals surface area contributed by atoms with Crippen LogP contribution in [-0.2, 0) is 4.74 Å². The number of rotatable bonds is 4. The molecule has 1 atom stereocenters. The quantitative estimate of drug-likeness (QED) is 0.771. The molecule has 0 aliphatic carbocycles. The number of hydrogen-bond donors (Lipinski definition) is 0. The number of ether oxygens (including phenoxy) is 1. The Morgan fingerprint density at radius 3 is 3.06 bits per heavy atom. The van der Waals surface area contributed by atoms with E-state index in [1.165, 1.54) is 0 Å². The topological polar surface area (TPSA) is 29.5 Å². The molecule has 1 saturated heterocycles. The first-order valence-corrected chi connectivity index (χ1v) is 6.11. The molecule has 0 aromatic heterocycles. The highest BCUT2D eigenvalue weighted by atomic mass is 35.5. The maximum absolute atomic E-state index is 12.0. The molecule has 2 rings (SSSR count). The van der Waals surface area contributed by atoms with Crippen molar-refractivity contribution >= 4 is 17.4 Å². The fourth-order valence-corrected chi connectivity index (χ4v) is 2.28. The Bertz CT molecular complexity index is 408. The van der Waals surface area contributed by atoms with Gasteiger partial charge in [0.15, 0.2) is 5.78 Å². The van der Waals surface area contributed by atoms with Crippen molar-refractivity contribution in [3.05, 3.63) is 34.9 Å². The van der Waals surface area contributed by atoms with Crippen molar-refractivity contribution in [1.29, 1.82) is 0 Å². The molecule has 0 bridgehead atoms. The van der Waals surface area contributed by atoms with Crippen LogP contribution in [0.25, 0.3) is 0 Å². The minimum Gasteiger partial charge on any atom is -0.380 e. The molecule has 1 aliphatic rings. The predicted molar refractivity (Wildman–Crippen MR) is 67.6 cm³/mol. The molecule has 0 saturated carbocycles. The number of methoxy groups -OCH3 is 1. The second-order valence-corrected chi connectivity index (χ2v) is 4.75. The second-order valence-electron chi connectivity index (χ2n) is 4.32. The van der Waals surface area contributed by atoms with E-state index in [0.29, 0.717) is 17.1 Å². The summed E-state index contributed by atoms with van der Waals surface area (Å²) in [4.78, 5) is 14.1. The van der Waals surface area contributed by atoms with Crippen LogP contribution in [0.3, 0.4) is 0 Å². The average Bonchev–Trinajstić information content (AvgIpc) is 2.77. The van der Waals surface area contributed by atoms with Gasteiger partial charge in [-0.15, -0.1) is 0 Å². The van der Waals surface area contributed by atoms with Crippen LogP contribution in [0.2, 0.25) is 5.02 Å². The van der Waals surface area contributed by atoms with Gasteiger partial charge in [0.1, 0.15) is 0 Å². The van der Waals surface area contributed by atoms with E-state index in [4.69, 9.17) is 16.3 Å². The summed E-state index contributed by atoms with van der Waals surface area (Å²) in [5.41, 5.74) is 0.679. The SMILES string of the molecule is COC1CCN(CC(=O)c2cccc(Cl)c2)C1. The van der Waals surface area contributed by atoms with Crippen LogP contribution in [0.15, 0.2) is 24.3 Å². The van der Waals surface area contributed by atoms with E-state index in [9.17, 15) is 4.79 Å². The molecule has 17 heavy (non-hydrogen) atoms. The molecule has 4 heteroatoms. The number of carbonyl (C=O) groups excluding carboxylic acids is 1. The lowest BCUT2D eigenvalue weighted by Crippen LogP contribution is -2.29. The van der Waals surface area contributed by atoms with Crippen LogP contribution in [0, 0.1) is 0 Å². The van der Waals surface area contributed by atoms with Crippen LogP contribution in [0.1, 0.15) is 16.8 Å². The first-order valence-electron chi connectivity index (χ1n) is 5.73. The molecule has 1 heterocycles. The number of Topliss-reactive ketones (excluding diaryl/α,β-unsaturated/α-hetero) is 1. The zero-order chi connectivity index (χ0) is 12.3. The lowest BCUT2D eigenvalue weighted by atomic mass is 10.1. The molecule has 92 valence electrons. The van der Waals surface area contributed by atoms with Gasteiger partial charge in [0.05, 0.1) is 12.6 Å².